The van der Waals surface area contributed by atoms with Gasteiger partial charge in [0.15, 0.2) is 5.11 Å². The van der Waals surface area contributed by atoms with Crippen LogP contribution in [0, 0.1) is 5.82 Å². The van der Waals surface area contributed by atoms with Gasteiger partial charge in [0.1, 0.15) is 5.82 Å². The highest BCUT2D eigenvalue weighted by atomic mass is 35.5. The van der Waals surface area contributed by atoms with Crippen LogP contribution in [0.3, 0.4) is 0 Å². The molecule has 4 nitrogen and oxygen atoms in total. The molecule has 0 saturated heterocycles. The van der Waals surface area contributed by atoms with Crippen molar-refractivity contribution in [3.05, 3.63) is 82.9 Å². The Bertz CT molecular complexity index is 864. The van der Waals surface area contributed by atoms with Crippen molar-refractivity contribution < 1.29 is 4.39 Å². The molecule has 128 valence electrons. The smallest absolute Gasteiger partial charge is 0.171 e. The average molecular weight is 375 g/mol. The second kappa shape index (κ2) is 8.09. The van der Waals surface area contributed by atoms with Crippen LogP contribution >= 0.6 is 23.8 Å². The van der Waals surface area contributed by atoms with Gasteiger partial charge in [-0.05, 0) is 47.6 Å². The van der Waals surface area contributed by atoms with Gasteiger partial charge in [-0.1, -0.05) is 35.9 Å². The highest BCUT2D eigenvalue weighted by Crippen LogP contribution is 2.13. The lowest BCUT2D eigenvalue weighted by molar-refractivity contribution is 0.627. The summed E-state index contributed by atoms with van der Waals surface area (Å²) < 4.78 is 14.7. The lowest BCUT2D eigenvalue weighted by Crippen LogP contribution is -2.27. The lowest BCUT2D eigenvalue weighted by atomic mass is 10.2. The van der Waals surface area contributed by atoms with E-state index in [9.17, 15) is 4.39 Å². The van der Waals surface area contributed by atoms with Gasteiger partial charge in [-0.25, -0.2) is 4.39 Å². The lowest BCUT2D eigenvalue weighted by Gasteiger charge is -2.12. The van der Waals surface area contributed by atoms with Crippen molar-refractivity contribution in [1.29, 1.82) is 0 Å². The van der Waals surface area contributed by atoms with E-state index in [0.717, 1.165) is 16.8 Å². The minimum atomic E-state index is -0.250. The zero-order valence-corrected chi connectivity index (χ0v) is 14.8. The molecule has 0 atom stereocenters. The first kappa shape index (κ1) is 17.4. The Morgan fingerprint density at radius 1 is 1.16 bits per heavy atom. The van der Waals surface area contributed by atoms with Crippen molar-refractivity contribution in [2.75, 3.05) is 5.32 Å². The third-order valence-electron chi connectivity index (χ3n) is 3.50. The van der Waals surface area contributed by atoms with Gasteiger partial charge in [0.05, 0.1) is 17.8 Å². The minimum absolute atomic E-state index is 0.250. The summed E-state index contributed by atoms with van der Waals surface area (Å²) in [5.41, 5.74) is 2.91. The Balaban J connectivity index is 1.55. The third-order valence-corrected chi connectivity index (χ3v) is 3.94. The second-order valence-electron chi connectivity index (χ2n) is 5.49. The molecule has 0 aliphatic carbocycles. The van der Waals surface area contributed by atoms with Gasteiger partial charge in [0.2, 0.25) is 0 Å². The molecule has 0 fully saturated rings. The fourth-order valence-corrected chi connectivity index (χ4v) is 2.67. The van der Waals surface area contributed by atoms with Gasteiger partial charge in [-0.15, -0.1) is 0 Å². The summed E-state index contributed by atoms with van der Waals surface area (Å²) in [6.07, 6.45) is 3.38. The van der Waals surface area contributed by atoms with E-state index in [2.05, 4.69) is 15.7 Å². The van der Waals surface area contributed by atoms with E-state index in [1.807, 2.05) is 24.3 Å². The van der Waals surface area contributed by atoms with Crippen molar-refractivity contribution >= 4 is 34.6 Å². The molecule has 1 aromatic heterocycles. The molecule has 0 unspecified atom stereocenters. The van der Waals surface area contributed by atoms with E-state index < -0.39 is 0 Å². The highest BCUT2D eigenvalue weighted by Gasteiger charge is 2.02. The van der Waals surface area contributed by atoms with Crippen LogP contribution < -0.4 is 10.6 Å². The molecule has 0 aliphatic heterocycles. The summed E-state index contributed by atoms with van der Waals surface area (Å²) in [6.45, 7) is 1.15. The van der Waals surface area contributed by atoms with Gasteiger partial charge in [-0.3, -0.25) is 4.68 Å². The fraction of sp³-hybridized carbons (Fsp3) is 0.111. The second-order valence-corrected chi connectivity index (χ2v) is 6.34. The molecule has 0 saturated carbocycles. The van der Waals surface area contributed by atoms with Gasteiger partial charge in [0, 0.05) is 18.4 Å². The van der Waals surface area contributed by atoms with Crippen LogP contribution in [0.4, 0.5) is 10.1 Å². The van der Waals surface area contributed by atoms with E-state index in [1.54, 1.807) is 29.2 Å². The summed E-state index contributed by atoms with van der Waals surface area (Å²) in [7, 11) is 0. The number of aromatic nitrogens is 2. The molecule has 25 heavy (non-hydrogen) atoms. The standard InChI is InChI=1S/C18H16ClFN4S/c19-15-10-22-24(12-15)11-14-2-1-3-17(8-14)23-18(25)21-9-13-4-6-16(20)7-5-13/h1-8,10,12H,9,11H2,(H2,21,23,25). The van der Waals surface area contributed by atoms with Crippen molar-refractivity contribution in [3.63, 3.8) is 0 Å². The van der Waals surface area contributed by atoms with Gasteiger partial charge >= 0.3 is 0 Å². The average Bonchev–Trinajstić information content (AvgIpc) is 2.99. The summed E-state index contributed by atoms with van der Waals surface area (Å²) in [5, 5.41) is 11.5. The number of hydrogen-bond donors (Lipinski definition) is 2. The zero-order chi connectivity index (χ0) is 17.6. The number of thiocarbonyl (C=S) groups is 1. The molecular formula is C18H16ClFN4S. The van der Waals surface area contributed by atoms with Crippen LogP contribution in [0.1, 0.15) is 11.1 Å². The molecule has 3 aromatic rings. The number of anilines is 1. The Morgan fingerprint density at radius 2 is 1.96 bits per heavy atom. The summed E-state index contributed by atoms with van der Waals surface area (Å²) in [5.74, 6) is -0.250. The summed E-state index contributed by atoms with van der Waals surface area (Å²) in [6, 6.07) is 14.2. The van der Waals surface area contributed by atoms with Crippen LogP contribution in [-0.2, 0) is 13.1 Å². The van der Waals surface area contributed by atoms with E-state index in [0.29, 0.717) is 23.2 Å². The van der Waals surface area contributed by atoms with E-state index in [4.69, 9.17) is 23.8 Å². The molecule has 3 rings (SSSR count). The first-order valence-corrected chi connectivity index (χ1v) is 8.43. The molecule has 7 heteroatoms. The van der Waals surface area contributed by atoms with Crippen LogP contribution in [0.2, 0.25) is 5.02 Å². The molecule has 2 aromatic carbocycles. The van der Waals surface area contributed by atoms with Crippen molar-refractivity contribution in [3.8, 4) is 0 Å². The number of halogens is 2. The molecule has 0 spiro atoms. The Morgan fingerprint density at radius 3 is 2.68 bits per heavy atom. The van der Waals surface area contributed by atoms with Crippen LogP contribution in [-0.4, -0.2) is 14.9 Å². The zero-order valence-electron chi connectivity index (χ0n) is 13.2. The first-order chi connectivity index (χ1) is 12.1. The van der Waals surface area contributed by atoms with Crippen molar-refractivity contribution in [2.45, 2.75) is 13.1 Å². The van der Waals surface area contributed by atoms with E-state index in [1.165, 1.54) is 12.1 Å². The maximum Gasteiger partial charge on any atom is 0.171 e. The number of nitrogens with zero attached hydrogens (tertiary/aromatic N) is 2. The maximum atomic E-state index is 12.9. The highest BCUT2D eigenvalue weighted by molar-refractivity contribution is 7.80. The topological polar surface area (TPSA) is 41.9 Å². The normalized spacial score (nSPS) is 10.5. The molecule has 0 amide bonds. The Hall–Kier alpha value is -2.44. The maximum absolute atomic E-state index is 12.9. The van der Waals surface area contributed by atoms with E-state index in [-0.39, 0.29) is 5.82 Å². The van der Waals surface area contributed by atoms with Crippen LogP contribution in [0.5, 0.6) is 0 Å². The SMILES string of the molecule is Fc1ccc(CNC(=S)Nc2cccc(Cn3cc(Cl)cn3)c2)cc1. The molecule has 0 bridgehead atoms. The Labute approximate surface area is 155 Å². The van der Waals surface area contributed by atoms with Crippen LogP contribution in [0.15, 0.2) is 60.9 Å². The summed E-state index contributed by atoms with van der Waals surface area (Å²) in [4.78, 5) is 0. The quantitative estimate of drug-likeness (QED) is 0.656. The molecule has 2 N–H and O–H groups in total. The van der Waals surface area contributed by atoms with E-state index >= 15 is 0 Å². The summed E-state index contributed by atoms with van der Waals surface area (Å²) >= 11 is 11.2. The molecule has 0 radical (unpaired) electrons. The largest absolute Gasteiger partial charge is 0.358 e. The monoisotopic (exact) mass is 374 g/mol. The number of nitrogens with one attached hydrogen (secondary N) is 2. The van der Waals surface area contributed by atoms with Gasteiger partial charge < -0.3 is 10.6 Å². The van der Waals surface area contributed by atoms with Crippen molar-refractivity contribution in [1.82, 2.24) is 15.1 Å². The molecule has 1 heterocycles. The molecular weight excluding hydrogens is 359 g/mol. The number of benzene rings is 2. The number of rotatable bonds is 5. The Kier molecular flexibility index (Phi) is 5.63. The molecule has 0 aliphatic rings. The van der Waals surface area contributed by atoms with Crippen LogP contribution in [0.25, 0.3) is 0 Å². The minimum Gasteiger partial charge on any atom is -0.358 e. The fourth-order valence-electron chi connectivity index (χ4n) is 2.32. The third kappa shape index (κ3) is 5.27. The predicted octanol–water partition coefficient (Wildman–Crippen LogP) is 4.21. The van der Waals surface area contributed by atoms with Gasteiger partial charge in [0.25, 0.3) is 0 Å². The predicted molar refractivity (Wildman–Crippen MR) is 102 cm³/mol. The first-order valence-electron chi connectivity index (χ1n) is 7.65. The number of hydrogen-bond acceptors (Lipinski definition) is 2. The van der Waals surface area contributed by atoms with Gasteiger partial charge in [-0.2, -0.15) is 5.10 Å². The van der Waals surface area contributed by atoms with Crippen molar-refractivity contribution in [2.24, 2.45) is 0 Å².